The molecule has 2 rings (SSSR count). The molecule has 0 radical (unpaired) electrons. The van der Waals surface area contributed by atoms with Crippen LogP contribution in [0.25, 0.3) is 0 Å². The number of aliphatic hydroxyl groups is 1. The van der Waals surface area contributed by atoms with Crippen molar-refractivity contribution >= 4 is 11.6 Å². The first kappa shape index (κ1) is 14.7. The normalized spacial score (nSPS) is 9.67. The lowest BCUT2D eigenvalue weighted by molar-refractivity contribution is 0.102. The number of amides is 1. The standard InChI is InChI=1S/C16H13FN2O2/c1-11-4-2-8-18-15(11)16(21)19-14-7-6-13(17)10-12(14)5-3-9-20/h2,4,6-8,10,20H,9H2,1H3,(H,19,21). The zero-order valence-electron chi connectivity index (χ0n) is 11.4. The largest absolute Gasteiger partial charge is 0.384 e. The minimum Gasteiger partial charge on any atom is -0.384 e. The maximum atomic E-state index is 13.2. The number of anilines is 1. The van der Waals surface area contributed by atoms with Crippen molar-refractivity contribution in [3.05, 3.63) is 59.2 Å². The SMILES string of the molecule is Cc1cccnc1C(=O)Nc1ccc(F)cc1C#CCO. The van der Waals surface area contributed by atoms with Gasteiger partial charge in [0.2, 0.25) is 0 Å². The number of pyridine rings is 1. The average molecular weight is 284 g/mol. The number of nitrogens with one attached hydrogen (secondary N) is 1. The van der Waals surface area contributed by atoms with Crippen molar-refractivity contribution in [2.24, 2.45) is 0 Å². The molecule has 0 aliphatic carbocycles. The van der Waals surface area contributed by atoms with E-state index in [-0.39, 0.29) is 6.61 Å². The van der Waals surface area contributed by atoms with E-state index in [2.05, 4.69) is 22.1 Å². The Bertz CT molecular complexity index is 733. The third-order valence-electron chi connectivity index (χ3n) is 2.76. The number of halogens is 1. The first-order valence-electron chi connectivity index (χ1n) is 6.24. The minimum absolute atomic E-state index is 0.294. The number of benzene rings is 1. The van der Waals surface area contributed by atoms with Crippen molar-refractivity contribution in [3.8, 4) is 11.8 Å². The topological polar surface area (TPSA) is 62.2 Å². The molecule has 0 aliphatic heterocycles. The molecule has 0 aliphatic rings. The Morgan fingerprint density at radius 3 is 2.95 bits per heavy atom. The lowest BCUT2D eigenvalue weighted by atomic mass is 10.1. The lowest BCUT2D eigenvalue weighted by Gasteiger charge is -2.08. The van der Waals surface area contributed by atoms with E-state index in [4.69, 9.17) is 5.11 Å². The molecule has 1 aromatic carbocycles. The number of aromatic nitrogens is 1. The third kappa shape index (κ3) is 3.65. The molecular weight excluding hydrogens is 271 g/mol. The van der Waals surface area contributed by atoms with Crippen LogP contribution in [0.1, 0.15) is 21.6 Å². The predicted octanol–water partition coefficient (Wildman–Crippen LogP) is 2.13. The van der Waals surface area contributed by atoms with Crippen LogP contribution in [0.2, 0.25) is 0 Å². The molecule has 1 heterocycles. The summed E-state index contributed by atoms with van der Waals surface area (Å²) >= 11 is 0. The number of aliphatic hydroxyl groups excluding tert-OH is 1. The van der Waals surface area contributed by atoms with Crippen LogP contribution in [0.5, 0.6) is 0 Å². The highest BCUT2D eigenvalue weighted by Gasteiger charge is 2.12. The van der Waals surface area contributed by atoms with E-state index in [0.29, 0.717) is 16.9 Å². The number of carbonyl (C=O) groups is 1. The summed E-state index contributed by atoms with van der Waals surface area (Å²) in [6, 6.07) is 7.36. The van der Waals surface area contributed by atoms with Crippen molar-refractivity contribution in [2.45, 2.75) is 6.92 Å². The maximum absolute atomic E-state index is 13.2. The molecule has 2 aromatic rings. The van der Waals surface area contributed by atoms with E-state index in [1.54, 1.807) is 19.1 Å². The van der Waals surface area contributed by atoms with Crippen LogP contribution in [0, 0.1) is 24.6 Å². The van der Waals surface area contributed by atoms with Gasteiger partial charge in [-0.3, -0.25) is 9.78 Å². The number of aryl methyl sites for hydroxylation is 1. The van der Waals surface area contributed by atoms with Gasteiger partial charge in [0.15, 0.2) is 0 Å². The minimum atomic E-state index is -0.468. The Balaban J connectivity index is 2.31. The van der Waals surface area contributed by atoms with Gasteiger partial charge < -0.3 is 10.4 Å². The van der Waals surface area contributed by atoms with Crippen molar-refractivity contribution in [3.63, 3.8) is 0 Å². The van der Waals surface area contributed by atoms with Gasteiger partial charge in [-0.15, -0.1) is 0 Å². The molecule has 0 atom stereocenters. The maximum Gasteiger partial charge on any atom is 0.274 e. The molecule has 1 amide bonds. The second-order valence-corrected chi connectivity index (χ2v) is 4.27. The molecule has 5 heteroatoms. The fraction of sp³-hybridized carbons (Fsp3) is 0.125. The fourth-order valence-electron chi connectivity index (χ4n) is 1.77. The second-order valence-electron chi connectivity index (χ2n) is 4.27. The quantitative estimate of drug-likeness (QED) is 0.830. The van der Waals surface area contributed by atoms with Crippen LogP contribution in [-0.4, -0.2) is 22.6 Å². The fourth-order valence-corrected chi connectivity index (χ4v) is 1.77. The number of nitrogens with zero attached hydrogens (tertiary/aromatic N) is 1. The summed E-state index contributed by atoms with van der Waals surface area (Å²) in [6.07, 6.45) is 1.53. The number of carbonyl (C=O) groups excluding carboxylic acids is 1. The molecule has 0 spiro atoms. The summed E-state index contributed by atoms with van der Waals surface area (Å²) in [5.41, 5.74) is 1.70. The number of hydrogen-bond acceptors (Lipinski definition) is 3. The van der Waals surface area contributed by atoms with E-state index in [0.717, 1.165) is 5.56 Å². The Labute approximate surface area is 121 Å². The zero-order valence-corrected chi connectivity index (χ0v) is 11.4. The molecule has 0 saturated heterocycles. The Kier molecular flexibility index (Phi) is 4.64. The van der Waals surface area contributed by atoms with Gasteiger partial charge in [-0.2, -0.15) is 0 Å². The van der Waals surface area contributed by atoms with Gasteiger partial charge in [-0.05, 0) is 36.8 Å². The Morgan fingerprint density at radius 1 is 1.43 bits per heavy atom. The van der Waals surface area contributed by atoms with E-state index in [1.807, 2.05) is 0 Å². The molecule has 0 saturated carbocycles. The van der Waals surface area contributed by atoms with Crippen LogP contribution in [0.15, 0.2) is 36.5 Å². The van der Waals surface area contributed by atoms with Crippen LogP contribution < -0.4 is 5.32 Å². The number of rotatable bonds is 2. The molecule has 21 heavy (non-hydrogen) atoms. The lowest BCUT2D eigenvalue weighted by Crippen LogP contribution is -2.16. The van der Waals surface area contributed by atoms with Crippen LogP contribution >= 0.6 is 0 Å². The van der Waals surface area contributed by atoms with Crippen molar-refractivity contribution < 1.29 is 14.3 Å². The summed E-state index contributed by atoms with van der Waals surface area (Å²) in [5.74, 6) is 4.16. The zero-order chi connectivity index (χ0) is 15.2. The molecule has 1 aromatic heterocycles. The molecule has 0 unspecified atom stereocenters. The smallest absolute Gasteiger partial charge is 0.274 e. The summed E-state index contributed by atoms with van der Waals surface area (Å²) in [5, 5.41) is 11.4. The highest BCUT2D eigenvalue weighted by Crippen LogP contribution is 2.17. The van der Waals surface area contributed by atoms with E-state index < -0.39 is 11.7 Å². The van der Waals surface area contributed by atoms with Gasteiger partial charge in [0.25, 0.3) is 5.91 Å². The summed E-state index contributed by atoms with van der Waals surface area (Å²) in [4.78, 5) is 16.2. The molecular formula is C16H13FN2O2. The van der Waals surface area contributed by atoms with Gasteiger partial charge in [-0.1, -0.05) is 17.9 Å². The first-order valence-corrected chi connectivity index (χ1v) is 6.24. The second kappa shape index (κ2) is 6.64. The van der Waals surface area contributed by atoms with E-state index >= 15 is 0 Å². The van der Waals surface area contributed by atoms with E-state index in [9.17, 15) is 9.18 Å². The molecule has 4 nitrogen and oxygen atoms in total. The Morgan fingerprint density at radius 2 is 2.24 bits per heavy atom. The van der Waals surface area contributed by atoms with Gasteiger partial charge in [0.05, 0.1) is 11.3 Å². The van der Waals surface area contributed by atoms with Crippen molar-refractivity contribution in [1.82, 2.24) is 4.98 Å². The van der Waals surface area contributed by atoms with Gasteiger partial charge >= 0.3 is 0 Å². The highest BCUT2D eigenvalue weighted by molar-refractivity contribution is 6.04. The average Bonchev–Trinajstić information content (AvgIpc) is 2.47. The highest BCUT2D eigenvalue weighted by atomic mass is 19.1. The van der Waals surface area contributed by atoms with Crippen molar-refractivity contribution in [1.29, 1.82) is 0 Å². The molecule has 0 bridgehead atoms. The van der Waals surface area contributed by atoms with Gasteiger partial charge in [0.1, 0.15) is 18.1 Å². The van der Waals surface area contributed by atoms with Crippen LogP contribution in [0.4, 0.5) is 10.1 Å². The monoisotopic (exact) mass is 284 g/mol. The predicted molar refractivity (Wildman–Crippen MR) is 77.3 cm³/mol. The Hall–Kier alpha value is -2.71. The molecule has 2 N–H and O–H groups in total. The van der Waals surface area contributed by atoms with Crippen molar-refractivity contribution in [2.75, 3.05) is 11.9 Å². The summed E-state index contributed by atoms with van der Waals surface area (Å²) in [6.45, 7) is 1.43. The third-order valence-corrected chi connectivity index (χ3v) is 2.76. The first-order chi connectivity index (χ1) is 10.1. The summed E-state index contributed by atoms with van der Waals surface area (Å²) < 4.78 is 13.2. The van der Waals surface area contributed by atoms with Gasteiger partial charge in [0, 0.05) is 6.20 Å². The summed E-state index contributed by atoms with van der Waals surface area (Å²) in [7, 11) is 0. The molecule has 106 valence electrons. The van der Waals surface area contributed by atoms with Crippen LogP contribution in [-0.2, 0) is 0 Å². The van der Waals surface area contributed by atoms with Crippen LogP contribution in [0.3, 0.4) is 0 Å². The molecule has 0 fully saturated rings. The van der Waals surface area contributed by atoms with Gasteiger partial charge in [-0.25, -0.2) is 4.39 Å². The number of hydrogen-bond donors (Lipinski definition) is 2. The van der Waals surface area contributed by atoms with E-state index in [1.165, 1.54) is 24.4 Å².